The quantitative estimate of drug-likeness (QED) is 0.780. The molecule has 1 aromatic heterocycles. The Labute approximate surface area is 153 Å². The van der Waals surface area contributed by atoms with Crippen LogP contribution in [0.4, 0.5) is 29.1 Å². The number of anilines is 2. The summed E-state index contributed by atoms with van der Waals surface area (Å²) >= 11 is 0. The molecule has 0 amide bonds. The van der Waals surface area contributed by atoms with Gasteiger partial charge in [0.1, 0.15) is 5.82 Å². The molecule has 0 spiro atoms. The van der Waals surface area contributed by atoms with Gasteiger partial charge in [0, 0.05) is 23.9 Å². The van der Waals surface area contributed by atoms with Gasteiger partial charge in [-0.1, -0.05) is 0 Å². The number of benzene rings is 1. The Bertz CT molecular complexity index is 884. The second-order valence-electron chi connectivity index (χ2n) is 6.42. The van der Waals surface area contributed by atoms with Crippen molar-refractivity contribution in [2.45, 2.75) is 25.1 Å². The summed E-state index contributed by atoms with van der Waals surface area (Å²) < 4.78 is 60.2. The van der Waals surface area contributed by atoms with Crippen molar-refractivity contribution in [3.05, 3.63) is 47.9 Å². The highest BCUT2D eigenvalue weighted by atomic mass is 19.4. The van der Waals surface area contributed by atoms with Crippen LogP contribution in [0.1, 0.15) is 18.9 Å². The van der Waals surface area contributed by atoms with Gasteiger partial charge in [-0.05, 0) is 37.3 Å². The fraction of sp³-hybridized carbons (Fsp3) is 0.333. The van der Waals surface area contributed by atoms with E-state index in [2.05, 4.69) is 15.3 Å². The smallest absolute Gasteiger partial charge is 0.394 e. The molecule has 0 radical (unpaired) electrons. The molecule has 27 heavy (non-hydrogen) atoms. The van der Waals surface area contributed by atoms with Gasteiger partial charge in [0.15, 0.2) is 11.6 Å². The number of hydrogen-bond donors (Lipinski definition) is 2. The lowest BCUT2D eigenvalue weighted by Crippen LogP contribution is -2.38. The number of nitrogens with one attached hydrogen (secondary N) is 1. The van der Waals surface area contributed by atoms with Gasteiger partial charge in [0.25, 0.3) is 0 Å². The third kappa shape index (κ3) is 3.54. The minimum absolute atomic E-state index is 0.149. The van der Waals surface area contributed by atoms with Crippen molar-refractivity contribution in [3.8, 4) is 5.75 Å². The van der Waals surface area contributed by atoms with Crippen molar-refractivity contribution in [2.75, 3.05) is 12.4 Å². The van der Waals surface area contributed by atoms with Gasteiger partial charge >= 0.3 is 6.18 Å². The lowest BCUT2D eigenvalue weighted by molar-refractivity contribution is -0.187. The lowest BCUT2D eigenvalue weighted by Gasteiger charge is -2.31. The van der Waals surface area contributed by atoms with E-state index in [-0.39, 0.29) is 11.4 Å². The molecule has 2 atom stereocenters. The van der Waals surface area contributed by atoms with Crippen molar-refractivity contribution in [1.82, 2.24) is 4.98 Å². The number of aliphatic imine (C=N–C) groups is 1. The number of alkyl halides is 3. The van der Waals surface area contributed by atoms with Gasteiger partial charge in [-0.15, -0.1) is 0 Å². The van der Waals surface area contributed by atoms with Crippen LogP contribution in [0.3, 0.4) is 0 Å². The molecule has 1 aliphatic rings. The number of halogens is 4. The molecule has 0 saturated heterocycles. The minimum atomic E-state index is -4.57. The van der Waals surface area contributed by atoms with Crippen LogP contribution in [-0.2, 0) is 5.54 Å². The number of ether oxygens (including phenoxy) is 1. The summed E-state index contributed by atoms with van der Waals surface area (Å²) in [5.74, 6) is -2.05. The van der Waals surface area contributed by atoms with Gasteiger partial charge in [-0.3, -0.25) is 4.99 Å². The molecule has 1 aliphatic heterocycles. The molecule has 1 aromatic carbocycles. The molecule has 9 heteroatoms. The largest absolute Gasteiger partial charge is 0.493 e. The van der Waals surface area contributed by atoms with E-state index in [4.69, 9.17) is 10.5 Å². The maximum atomic E-state index is 14.5. The second kappa shape index (κ2) is 6.71. The first-order valence-electron chi connectivity index (χ1n) is 8.12. The first-order chi connectivity index (χ1) is 12.6. The molecule has 0 aliphatic carbocycles. The Hall–Kier alpha value is -2.84. The van der Waals surface area contributed by atoms with Crippen LogP contribution in [0.25, 0.3) is 0 Å². The maximum absolute atomic E-state index is 14.5. The molecule has 3 rings (SSSR count). The zero-order valence-corrected chi connectivity index (χ0v) is 14.6. The zero-order valence-electron chi connectivity index (χ0n) is 14.6. The first kappa shape index (κ1) is 18.9. The standard InChI is InChI=1S/C18H18F4N4O/c1-17(14(18(20,21)22)9-15(23)26-17)11-8-10(5-6-12(11)19)25-16-13(27-2)4-3-7-24-16/h3-8,14H,9H2,1-2H3,(H2,23,26)(H,24,25)/t14-,17-/m1/s1. The third-order valence-electron chi connectivity index (χ3n) is 4.63. The number of nitrogens with two attached hydrogens (primary N) is 1. The van der Waals surface area contributed by atoms with E-state index < -0.39 is 29.9 Å². The van der Waals surface area contributed by atoms with E-state index >= 15 is 0 Å². The monoisotopic (exact) mass is 382 g/mol. The Morgan fingerprint density at radius 3 is 2.70 bits per heavy atom. The predicted molar refractivity (Wildman–Crippen MR) is 93.6 cm³/mol. The summed E-state index contributed by atoms with van der Waals surface area (Å²) in [4.78, 5) is 8.07. The van der Waals surface area contributed by atoms with Gasteiger partial charge in [-0.25, -0.2) is 9.37 Å². The van der Waals surface area contributed by atoms with Crippen LogP contribution in [0.15, 0.2) is 41.5 Å². The highest BCUT2D eigenvalue weighted by Gasteiger charge is 2.56. The van der Waals surface area contributed by atoms with Crippen LogP contribution in [0.2, 0.25) is 0 Å². The van der Waals surface area contributed by atoms with Gasteiger partial charge < -0.3 is 15.8 Å². The predicted octanol–water partition coefficient (Wildman–Crippen LogP) is 4.13. The Kier molecular flexibility index (Phi) is 4.71. The van der Waals surface area contributed by atoms with E-state index in [1.807, 2.05) is 0 Å². The summed E-state index contributed by atoms with van der Waals surface area (Å²) in [7, 11) is 1.46. The number of nitrogens with zero attached hydrogens (tertiary/aromatic N) is 2. The fourth-order valence-corrected chi connectivity index (χ4v) is 3.29. The van der Waals surface area contributed by atoms with Crippen molar-refractivity contribution < 1.29 is 22.3 Å². The second-order valence-corrected chi connectivity index (χ2v) is 6.42. The van der Waals surface area contributed by atoms with E-state index in [1.54, 1.807) is 12.1 Å². The molecule has 0 unspecified atom stereocenters. The molecule has 0 saturated carbocycles. The van der Waals surface area contributed by atoms with E-state index in [0.29, 0.717) is 17.3 Å². The summed E-state index contributed by atoms with van der Waals surface area (Å²) in [6.45, 7) is 1.24. The molecule has 2 heterocycles. The average molecular weight is 382 g/mol. The van der Waals surface area contributed by atoms with Crippen molar-refractivity contribution in [1.29, 1.82) is 0 Å². The van der Waals surface area contributed by atoms with Crippen LogP contribution in [0, 0.1) is 11.7 Å². The Balaban J connectivity index is 2.03. The molecule has 0 bridgehead atoms. The summed E-state index contributed by atoms with van der Waals surface area (Å²) in [5, 5.41) is 2.93. The number of methoxy groups -OCH3 is 1. The van der Waals surface area contributed by atoms with Gasteiger partial charge in [-0.2, -0.15) is 13.2 Å². The number of pyridine rings is 1. The van der Waals surface area contributed by atoms with E-state index in [1.165, 1.54) is 32.4 Å². The maximum Gasteiger partial charge on any atom is 0.394 e. The Morgan fingerprint density at radius 2 is 2.04 bits per heavy atom. The third-order valence-corrected chi connectivity index (χ3v) is 4.63. The van der Waals surface area contributed by atoms with E-state index in [0.717, 1.165) is 6.07 Å². The van der Waals surface area contributed by atoms with E-state index in [9.17, 15) is 17.6 Å². The van der Waals surface area contributed by atoms with Gasteiger partial charge in [0.05, 0.1) is 24.4 Å². The molecule has 5 nitrogen and oxygen atoms in total. The number of amidine groups is 1. The highest BCUT2D eigenvalue weighted by Crippen LogP contribution is 2.49. The normalized spacial score (nSPS) is 22.4. The van der Waals surface area contributed by atoms with Crippen LogP contribution >= 0.6 is 0 Å². The molecule has 2 aromatic rings. The Morgan fingerprint density at radius 1 is 1.30 bits per heavy atom. The average Bonchev–Trinajstić information content (AvgIpc) is 2.93. The van der Waals surface area contributed by atoms with Crippen molar-refractivity contribution >= 4 is 17.3 Å². The minimum Gasteiger partial charge on any atom is -0.493 e. The number of rotatable bonds is 4. The molecule has 0 fully saturated rings. The highest BCUT2D eigenvalue weighted by molar-refractivity contribution is 5.83. The topological polar surface area (TPSA) is 72.5 Å². The fourth-order valence-electron chi connectivity index (χ4n) is 3.29. The van der Waals surface area contributed by atoms with Crippen molar-refractivity contribution in [2.24, 2.45) is 16.6 Å². The summed E-state index contributed by atoms with van der Waals surface area (Å²) in [5.41, 5.74) is 3.88. The van der Waals surface area contributed by atoms with Crippen molar-refractivity contribution in [3.63, 3.8) is 0 Å². The van der Waals surface area contributed by atoms with Gasteiger partial charge in [0.2, 0.25) is 0 Å². The van der Waals surface area contributed by atoms with Crippen LogP contribution in [0.5, 0.6) is 5.75 Å². The molecule has 3 N–H and O–H groups in total. The molecular formula is C18H18F4N4O. The van der Waals surface area contributed by atoms with Crippen LogP contribution < -0.4 is 15.8 Å². The summed E-state index contributed by atoms with van der Waals surface area (Å²) in [6.07, 6.45) is -3.51. The first-order valence-corrected chi connectivity index (χ1v) is 8.12. The molecular weight excluding hydrogens is 364 g/mol. The lowest BCUT2D eigenvalue weighted by atomic mass is 9.79. The zero-order chi connectivity index (χ0) is 19.8. The number of aromatic nitrogens is 1. The van der Waals surface area contributed by atoms with Crippen LogP contribution in [-0.4, -0.2) is 24.1 Å². The molecule has 144 valence electrons. The SMILES string of the molecule is COc1cccnc1Nc1ccc(F)c([C@@]2(C)N=C(N)C[C@H]2C(F)(F)F)c1. The summed E-state index contributed by atoms with van der Waals surface area (Å²) in [6, 6.07) is 7.13. The number of hydrogen-bond acceptors (Lipinski definition) is 5.